The lowest BCUT2D eigenvalue weighted by Crippen LogP contribution is -2.29. The quantitative estimate of drug-likeness (QED) is 0.431. The number of thioether (sulfide) groups is 1. The van der Waals surface area contributed by atoms with Gasteiger partial charge in [0.25, 0.3) is 11.1 Å². The van der Waals surface area contributed by atoms with Crippen molar-refractivity contribution in [2.24, 2.45) is 0 Å². The molecule has 1 N–H and O–H groups in total. The van der Waals surface area contributed by atoms with Crippen LogP contribution >= 0.6 is 23.4 Å². The molecule has 0 bridgehead atoms. The van der Waals surface area contributed by atoms with Crippen molar-refractivity contribution < 1.29 is 23.9 Å². The summed E-state index contributed by atoms with van der Waals surface area (Å²) in [5.41, 5.74) is 1.77. The molecular formula is C24H18ClNO5S. The maximum absolute atomic E-state index is 12.7. The molecule has 2 heterocycles. The highest BCUT2D eigenvalue weighted by molar-refractivity contribution is 8.18. The lowest BCUT2D eigenvalue weighted by molar-refractivity contribution is -0.122. The first-order chi connectivity index (χ1) is 15.4. The van der Waals surface area contributed by atoms with E-state index in [1.165, 1.54) is 17.0 Å². The minimum atomic E-state index is -1.11. The minimum absolute atomic E-state index is 0.00290. The number of benzene rings is 2. The van der Waals surface area contributed by atoms with Gasteiger partial charge >= 0.3 is 5.97 Å². The topological polar surface area (TPSA) is 87.8 Å². The van der Waals surface area contributed by atoms with Crippen LogP contribution < -0.4 is 0 Å². The van der Waals surface area contributed by atoms with Gasteiger partial charge in [0.15, 0.2) is 0 Å². The van der Waals surface area contributed by atoms with Gasteiger partial charge < -0.3 is 9.52 Å². The summed E-state index contributed by atoms with van der Waals surface area (Å²) in [6.07, 6.45) is 3.01. The van der Waals surface area contributed by atoms with Gasteiger partial charge in [-0.2, -0.15) is 0 Å². The second kappa shape index (κ2) is 9.46. The van der Waals surface area contributed by atoms with Crippen molar-refractivity contribution in [2.45, 2.75) is 12.8 Å². The lowest BCUT2D eigenvalue weighted by atomic mass is 10.1. The van der Waals surface area contributed by atoms with Crippen LogP contribution in [0.4, 0.5) is 4.79 Å². The molecule has 0 saturated carbocycles. The largest absolute Gasteiger partial charge is 0.478 e. The SMILES string of the molecule is O=C(O)c1ccc(-c2ccc(/C=C3/SC(=O)N(CCCc4ccccc4)C3=O)o2)cc1Cl. The van der Waals surface area contributed by atoms with E-state index in [0.717, 1.165) is 23.7 Å². The first kappa shape index (κ1) is 21.9. The monoisotopic (exact) mass is 467 g/mol. The first-order valence-electron chi connectivity index (χ1n) is 9.85. The second-order valence-electron chi connectivity index (χ2n) is 7.12. The third-order valence-electron chi connectivity index (χ3n) is 4.95. The van der Waals surface area contributed by atoms with Crippen LogP contribution in [0.1, 0.15) is 28.1 Å². The summed E-state index contributed by atoms with van der Waals surface area (Å²) in [7, 11) is 0. The van der Waals surface area contributed by atoms with Crippen LogP contribution in [-0.4, -0.2) is 33.7 Å². The number of rotatable bonds is 7. The average Bonchev–Trinajstić information content (AvgIpc) is 3.34. The Balaban J connectivity index is 1.44. The summed E-state index contributed by atoms with van der Waals surface area (Å²) in [6.45, 7) is 0.356. The molecule has 1 saturated heterocycles. The van der Waals surface area contributed by atoms with Gasteiger partial charge in [0.1, 0.15) is 11.5 Å². The van der Waals surface area contributed by atoms with Crippen LogP contribution in [0.5, 0.6) is 0 Å². The number of carbonyl (C=O) groups excluding carboxylic acids is 2. The van der Waals surface area contributed by atoms with Crippen molar-refractivity contribution in [3.8, 4) is 11.3 Å². The smallest absolute Gasteiger partial charge is 0.337 e. The number of carboxylic acid groups (broad SMARTS) is 1. The summed E-state index contributed by atoms with van der Waals surface area (Å²) in [5, 5.41) is 8.90. The zero-order valence-electron chi connectivity index (χ0n) is 16.8. The maximum atomic E-state index is 12.7. The third-order valence-corrected chi connectivity index (χ3v) is 6.17. The van der Waals surface area contributed by atoms with Crippen molar-refractivity contribution in [3.63, 3.8) is 0 Å². The molecule has 32 heavy (non-hydrogen) atoms. The Morgan fingerprint density at radius 1 is 1.09 bits per heavy atom. The van der Waals surface area contributed by atoms with E-state index < -0.39 is 5.97 Å². The summed E-state index contributed by atoms with van der Waals surface area (Å²) in [4.78, 5) is 37.7. The van der Waals surface area contributed by atoms with Gasteiger partial charge in [0.2, 0.25) is 0 Å². The second-order valence-corrected chi connectivity index (χ2v) is 8.52. The molecule has 8 heteroatoms. The van der Waals surface area contributed by atoms with Crippen LogP contribution in [-0.2, 0) is 11.2 Å². The summed E-state index contributed by atoms with van der Waals surface area (Å²) < 4.78 is 5.77. The molecule has 0 atom stereocenters. The summed E-state index contributed by atoms with van der Waals surface area (Å²) in [6, 6.07) is 17.8. The number of carboxylic acids is 1. The van der Waals surface area contributed by atoms with Gasteiger partial charge in [-0.15, -0.1) is 0 Å². The van der Waals surface area contributed by atoms with Gasteiger partial charge in [0.05, 0.1) is 15.5 Å². The van der Waals surface area contributed by atoms with E-state index in [0.29, 0.717) is 35.0 Å². The van der Waals surface area contributed by atoms with Crippen LogP contribution in [0.15, 0.2) is 70.0 Å². The Morgan fingerprint density at radius 2 is 1.88 bits per heavy atom. The van der Waals surface area contributed by atoms with Gasteiger partial charge in [0, 0.05) is 18.2 Å². The highest BCUT2D eigenvalue weighted by atomic mass is 35.5. The third kappa shape index (κ3) is 4.79. The molecule has 1 aliphatic rings. The molecule has 1 aliphatic heterocycles. The summed E-state index contributed by atoms with van der Waals surface area (Å²) >= 11 is 6.91. The standard InChI is InChI=1S/C24H18ClNO5S/c25-19-13-16(8-10-18(19)23(28)29)20-11-9-17(31-20)14-21-22(27)26(24(30)32-21)12-4-7-15-5-2-1-3-6-15/h1-3,5-6,8-11,13-14H,4,7,12H2,(H,28,29)/b21-14+. The molecule has 0 aliphatic carbocycles. The van der Waals surface area contributed by atoms with Crippen molar-refractivity contribution >= 4 is 46.6 Å². The van der Waals surface area contributed by atoms with Crippen molar-refractivity contribution in [3.05, 3.63) is 87.5 Å². The fourth-order valence-corrected chi connectivity index (χ4v) is 4.44. The van der Waals surface area contributed by atoms with E-state index in [-0.39, 0.29) is 21.7 Å². The normalized spacial score (nSPS) is 15.0. The van der Waals surface area contributed by atoms with Crippen LogP contribution in [0, 0.1) is 0 Å². The number of amides is 2. The zero-order chi connectivity index (χ0) is 22.7. The predicted molar refractivity (Wildman–Crippen MR) is 124 cm³/mol. The number of aromatic carboxylic acids is 1. The Hall–Kier alpha value is -3.29. The molecule has 1 aromatic heterocycles. The average molecular weight is 468 g/mol. The number of nitrogens with zero attached hydrogens (tertiary/aromatic N) is 1. The number of halogens is 1. The lowest BCUT2D eigenvalue weighted by Gasteiger charge is -2.11. The van der Waals surface area contributed by atoms with E-state index in [9.17, 15) is 14.4 Å². The first-order valence-corrected chi connectivity index (χ1v) is 11.0. The molecule has 0 unspecified atom stereocenters. The van der Waals surface area contributed by atoms with Crippen molar-refractivity contribution in [2.75, 3.05) is 6.54 Å². The molecule has 0 spiro atoms. The van der Waals surface area contributed by atoms with Gasteiger partial charge in [-0.25, -0.2) is 4.79 Å². The van der Waals surface area contributed by atoms with Crippen molar-refractivity contribution in [1.29, 1.82) is 0 Å². The molecule has 4 rings (SSSR count). The molecule has 2 amide bonds. The van der Waals surface area contributed by atoms with E-state index in [1.54, 1.807) is 24.3 Å². The molecule has 162 valence electrons. The predicted octanol–water partition coefficient (Wildman–Crippen LogP) is 5.97. The Kier molecular flexibility index (Phi) is 6.48. The van der Waals surface area contributed by atoms with Crippen LogP contribution in [0.2, 0.25) is 5.02 Å². The number of hydrogen-bond acceptors (Lipinski definition) is 5. The van der Waals surface area contributed by atoms with Crippen LogP contribution in [0.3, 0.4) is 0 Å². The minimum Gasteiger partial charge on any atom is -0.478 e. The molecule has 1 fully saturated rings. The number of hydrogen-bond donors (Lipinski definition) is 1. The molecule has 3 aromatic rings. The molecular weight excluding hydrogens is 450 g/mol. The Morgan fingerprint density at radius 3 is 2.59 bits per heavy atom. The molecule has 0 radical (unpaired) electrons. The number of imide groups is 1. The van der Waals surface area contributed by atoms with Gasteiger partial charge in [-0.3, -0.25) is 14.5 Å². The molecule has 2 aromatic carbocycles. The number of aryl methyl sites for hydroxylation is 1. The summed E-state index contributed by atoms with van der Waals surface area (Å²) in [5.74, 6) is -0.563. The van der Waals surface area contributed by atoms with Gasteiger partial charge in [-0.05, 0) is 54.4 Å². The van der Waals surface area contributed by atoms with E-state index in [4.69, 9.17) is 21.1 Å². The van der Waals surface area contributed by atoms with E-state index >= 15 is 0 Å². The Labute approximate surface area is 193 Å². The van der Waals surface area contributed by atoms with Crippen LogP contribution in [0.25, 0.3) is 17.4 Å². The fourth-order valence-electron chi connectivity index (χ4n) is 3.34. The highest BCUT2D eigenvalue weighted by Crippen LogP contribution is 2.34. The fraction of sp³-hybridized carbons (Fsp3) is 0.125. The van der Waals surface area contributed by atoms with E-state index in [1.807, 2.05) is 30.3 Å². The highest BCUT2D eigenvalue weighted by Gasteiger charge is 2.34. The zero-order valence-corrected chi connectivity index (χ0v) is 18.4. The van der Waals surface area contributed by atoms with E-state index in [2.05, 4.69) is 0 Å². The maximum Gasteiger partial charge on any atom is 0.337 e. The molecule has 6 nitrogen and oxygen atoms in total. The number of furan rings is 1. The van der Waals surface area contributed by atoms with Crippen molar-refractivity contribution in [1.82, 2.24) is 4.90 Å². The van der Waals surface area contributed by atoms with Gasteiger partial charge in [-0.1, -0.05) is 48.0 Å². The number of carbonyl (C=O) groups is 3. The Bertz CT molecular complexity index is 1220.